The zero-order chi connectivity index (χ0) is 63.8. The van der Waals surface area contributed by atoms with E-state index in [1.54, 1.807) is 68.4 Å². The van der Waals surface area contributed by atoms with Crippen molar-refractivity contribution in [1.82, 2.24) is 0 Å². The van der Waals surface area contributed by atoms with Gasteiger partial charge in [0.15, 0.2) is 0 Å². The lowest BCUT2D eigenvalue weighted by Gasteiger charge is -2.16. The van der Waals surface area contributed by atoms with Gasteiger partial charge in [-0.05, 0) is 122 Å². The first-order valence-corrected chi connectivity index (χ1v) is 31.2. The number of carbonyl (C=O) groups is 4. The van der Waals surface area contributed by atoms with Gasteiger partial charge < -0.3 is 31.9 Å². The Kier molecular flexibility index (Phi) is 20.2. The van der Waals surface area contributed by atoms with E-state index in [1.807, 2.05) is 0 Å². The number of carbonyl (C=O) groups excluding carboxylic acids is 4. The van der Waals surface area contributed by atoms with E-state index in [0.717, 1.165) is 12.1 Å². The Labute approximate surface area is 491 Å². The molecule has 8 aromatic rings. The van der Waals surface area contributed by atoms with Crippen LogP contribution in [0, 0.1) is 13.8 Å². The lowest BCUT2D eigenvalue weighted by Crippen LogP contribution is -2.20. The van der Waals surface area contributed by atoms with Gasteiger partial charge in [0.25, 0.3) is 58.2 Å². The summed E-state index contributed by atoms with van der Waals surface area (Å²) in [5.41, 5.74) is 3.26. The molecule has 5 amide bonds. The van der Waals surface area contributed by atoms with Crippen LogP contribution in [0.5, 0.6) is 0 Å². The number of rotatable bonds is 15. The number of anilines is 6. The SMILES string of the molecule is C=C(Nc1ccc(S(=O)(=O)O)c2ccccc12)c1ccc(C)c(NC(=O)c2cccc(NC(=O)Nc3cccc(C(=O)Nc4cc(C(=O)Nc5ccc(S(=O)(=O)O)c6cc(S(=O)(=O)O)cc(S(=O)(=O)O)c56)ccc4C)c3)c2)c1.O=S(=O)=O.O=S(=O)=O. The molecule has 0 saturated carbocycles. The molecule has 0 aliphatic heterocycles. The van der Waals surface area contributed by atoms with Crippen LogP contribution < -0.4 is 31.9 Å². The highest BCUT2D eigenvalue weighted by molar-refractivity contribution is 7.87. The molecular weight excluding hydrogens is 1250 g/mol. The van der Waals surface area contributed by atoms with Gasteiger partial charge in [0, 0.05) is 72.4 Å². The monoisotopic (exact) mass is 1290 g/mol. The summed E-state index contributed by atoms with van der Waals surface area (Å²) in [4.78, 5) is 50.4. The minimum Gasteiger partial charge on any atom is -0.355 e. The van der Waals surface area contributed by atoms with Crippen molar-refractivity contribution >= 4 is 147 Å². The number of hydrogen-bond acceptors (Lipinski definition) is 19. The molecule has 0 aliphatic carbocycles. The molecule has 0 atom stereocenters. The number of hydrogen-bond donors (Lipinski definition) is 10. The highest BCUT2D eigenvalue weighted by atomic mass is 32.2. The summed E-state index contributed by atoms with van der Waals surface area (Å²) in [5.74, 6) is -2.19. The zero-order valence-electron chi connectivity index (χ0n) is 43.7. The first kappa shape index (κ1) is 65.5. The van der Waals surface area contributed by atoms with E-state index < -0.39 is 117 Å². The van der Waals surface area contributed by atoms with Crippen LogP contribution in [0.25, 0.3) is 27.2 Å². The molecular formula is C52H42N6O22S6. The molecule has 0 heterocycles. The van der Waals surface area contributed by atoms with Gasteiger partial charge in [0.1, 0.15) is 14.7 Å². The van der Waals surface area contributed by atoms with E-state index in [9.17, 15) is 71.1 Å². The maximum atomic E-state index is 13.7. The van der Waals surface area contributed by atoms with Crippen LogP contribution in [-0.2, 0) is 61.7 Å². The van der Waals surface area contributed by atoms with Crippen LogP contribution in [0.4, 0.5) is 38.9 Å². The Morgan fingerprint density at radius 3 is 1.26 bits per heavy atom. The summed E-state index contributed by atoms with van der Waals surface area (Å²) in [7, 11) is -26.6. The maximum absolute atomic E-state index is 13.7. The molecule has 0 saturated heterocycles. The van der Waals surface area contributed by atoms with E-state index in [1.165, 1.54) is 66.7 Å². The van der Waals surface area contributed by atoms with E-state index >= 15 is 0 Å². The maximum Gasteiger partial charge on any atom is 0.425 e. The molecule has 34 heteroatoms. The highest BCUT2D eigenvalue weighted by Gasteiger charge is 2.28. The summed E-state index contributed by atoms with van der Waals surface area (Å²) in [6.07, 6.45) is 0. The summed E-state index contributed by atoms with van der Waals surface area (Å²) in [5, 5.41) is 15.6. The van der Waals surface area contributed by atoms with Crippen molar-refractivity contribution in [3.05, 3.63) is 186 Å². The Bertz CT molecular complexity index is 4830. The van der Waals surface area contributed by atoms with Gasteiger partial charge in [0.2, 0.25) is 0 Å². The number of nitrogens with one attached hydrogen (secondary N) is 6. The topological polar surface area (TPSA) is 460 Å². The predicted molar refractivity (Wildman–Crippen MR) is 311 cm³/mol. The lowest BCUT2D eigenvalue weighted by atomic mass is 10.1. The zero-order valence-corrected chi connectivity index (χ0v) is 48.5. The summed E-state index contributed by atoms with van der Waals surface area (Å²) >= 11 is 0. The quantitative estimate of drug-likeness (QED) is 0.0458. The van der Waals surface area contributed by atoms with Crippen molar-refractivity contribution in [3.8, 4) is 0 Å². The molecule has 28 nitrogen and oxygen atoms in total. The third-order valence-corrected chi connectivity index (χ3v) is 15.4. The molecule has 0 unspecified atom stereocenters. The molecule has 0 fully saturated rings. The lowest BCUT2D eigenvalue weighted by molar-refractivity contribution is 0.101. The smallest absolute Gasteiger partial charge is 0.355 e. The molecule has 0 aromatic heterocycles. The van der Waals surface area contributed by atoms with E-state index in [4.69, 9.17) is 25.3 Å². The normalized spacial score (nSPS) is 11.3. The average Bonchev–Trinajstić information content (AvgIpc) is 0.837. The Morgan fingerprint density at radius 2 is 0.791 bits per heavy atom. The van der Waals surface area contributed by atoms with Gasteiger partial charge in [0.05, 0.1) is 10.6 Å². The number of benzene rings is 8. The number of amides is 5. The minimum atomic E-state index is -5.41. The fraction of sp³-hybridized carbons (Fsp3) is 0.0385. The van der Waals surface area contributed by atoms with Gasteiger partial charge in [-0.15, -0.1) is 25.3 Å². The van der Waals surface area contributed by atoms with Gasteiger partial charge in [-0.3, -0.25) is 32.6 Å². The van der Waals surface area contributed by atoms with Crippen LogP contribution >= 0.6 is 0 Å². The van der Waals surface area contributed by atoms with Crippen LogP contribution in [0.1, 0.15) is 47.8 Å². The Balaban J connectivity index is 0.00000139. The second kappa shape index (κ2) is 26.5. The van der Waals surface area contributed by atoms with Gasteiger partial charge >= 0.3 is 27.2 Å². The fourth-order valence-corrected chi connectivity index (χ4v) is 10.8. The number of fused-ring (bicyclic) bond motifs is 2. The van der Waals surface area contributed by atoms with Gasteiger partial charge in [-0.2, -0.15) is 33.7 Å². The van der Waals surface area contributed by atoms with Crippen LogP contribution in [0.3, 0.4) is 0 Å². The van der Waals surface area contributed by atoms with Crippen molar-refractivity contribution in [2.24, 2.45) is 0 Å². The number of aryl methyl sites for hydroxylation is 2. The second-order valence-corrected chi connectivity index (χ2v) is 24.1. The largest absolute Gasteiger partial charge is 0.425 e. The molecule has 8 aromatic carbocycles. The van der Waals surface area contributed by atoms with Crippen LogP contribution in [-0.4, -0.2) is 101 Å². The first-order valence-electron chi connectivity index (χ1n) is 23.5. The van der Waals surface area contributed by atoms with Crippen molar-refractivity contribution < 1.29 is 96.3 Å². The third-order valence-electron chi connectivity index (χ3n) is 11.9. The second-order valence-electron chi connectivity index (χ2n) is 17.7. The van der Waals surface area contributed by atoms with Crippen LogP contribution in [0.15, 0.2) is 172 Å². The Hall–Kier alpha value is -9.62. The first-order chi connectivity index (χ1) is 40.0. The summed E-state index contributed by atoms with van der Waals surface area (Å²) < 4.78 is 187. The van der Waals surface area contributed by atoms with Crippen LogP contribution in [0.2, 0.25) is 0 Å². The van der Waals surface area contributed by atoms with Gasteiger partial charge in [-0.25, -0.2) is 4.79 Å². The molecule has 86 heavy (non-hydrogen) atoms. The van der Waals surface area contributed by atoms with E-state index in [-0.39, 0.29) is 38.6 Å². The minimum absolute atomic E-state index is 0.0506. The van der Waals surface area contributed by atoms with Crippen molar-refractivity contribution in [2.45, 2.75) is 33.4 Å². The van der Waals surface area contributed by atoms with Crippen molar-refractivity contribution in [2.75, 3.05) is 31.9 Å². The summed E-state index contributed by atoms with van der Waals surface area (Å²) in [6.45, 7) is 7.52. The Morgan fingerprint density at radius 1 is 0.384 bits per heavy atom. The average molecular weight is 1300 g/mol. The van der Waals surface area contributed by atoms with Crippen molar-refractivity contribution in [1.29, 1.82) is 0 Å². The third kappa shape index (κ3) is 17.0. The molecule has 0 bridgehead atoms. The summed E-state index contributed by atoms with van der Waals surface area (Å²) in [6, 6.07) is 32.2. The standard InChI is InChI=1S/C52H42N6O16S4.2O3S/c1-28-14-16-31(30(3)53-41-18-20-45(76(66,67)68)39-13-5-4-12-38(39)41)24-43(28)57-49(59)32-8-6-10-35(22-32)54-52(62)55-36-11-7-9-33(23-36)50(60)58-44-25-34(17-15-29(44)2)51(61)56-42-19-21-46(77(69,70)71)40-26-37(75(63,64)65)27-47(48(40)42)78(72,73)74;2*1-4(2)3/h4-27,53H,3H2,1-2H3,(H,56,61)(H,57,59)(H,58,60)(H2,54,55,62)(H,63,64,65)(H,66,67,68)(H,69,70,71)(H,72,73,74);;. The van der Waals surface area contributed by atoms with Crippen molar-refractivity contribution in [3.63, 3.8) is 0 Å². The van der Waals surface area contributed by atoms with E-state index in [2.05, 4.69) is 38.5 Å². The molecule has 0 spiro atoms. The molecule has 8 rings (SSSR count). The molecule has 0 aliphatic rings. The molecule has 0 radical (unpaired) electrons. The molecule has 10 N–H and O–H groups in total. The highest BCUT2D eigenvalue weighted by Crippen LogP contribution is 2.38. The van der Waals surface area contributed by atoms with Gasteiger partial charge in [-0.1, -0.05) is 61.2 Å². The fourth-order valence-electron chi connectivity index (χ4n) is 8.11. The number of urea groups is 1. The predicted octanol–water partition coefficient (Wildman–Crippen LogP) is 7.07. The van der Waals surface area contributed by atoms with E-state index in [0.29, 0.717) is 56.7 Å². The molecule has 448 valence electrons.